The molecule has 45 heavy (non-hydrogen) atoms. The third kappa shape index (κ3) is 21.7. The fraction of sp³-hybridized carbons (Fsp3) is 0.806. The smallest absolute Gasteiger partial charge is 0.273 e. The number of nitrogens with one attached hydrogen (secondary N) is 2. The van der Waals surface area contributed by atoms with Gasteiger partial charge in [0, 0.05) is 39.5 Å². The summed E-state index contributed by atoms with van der Waals surface area (Å²) in [4.78, 5) is 33.0. The number of carbonyl (C=O) groups is 2. The first-order valence-electron chi connectivity index (χ1n) is 16.3. The lowest BCUT2D eigenvalue weighted by molar-refractivity contribution is 0.0133. The molecule has 0 aromatic carbocycles. The number of aromatic nitrogens is 2. The summed E-state index contributed by atoms with van der Waals surface area (Å²) < 4.78 is 33.0. The first kappa shape index (κ1) is 40.4. The van der Waals surface area contributed by atoms with Gasteiger partial charge in [-0.2, -0.15) is 0 Å². The highest BCUT2D eigenvalue weighted by Crippen LogP contribution is 2.13. The number of hydrogen-bond donors (Lipinski definition) is 4. The van der Waals surface area contributed by atoms with Gasteiger partial charge in [-0.25, -0.2) is 9.97 Å². The van der Waals surface area contributed by atoms with Crippen LogP contribution in [0.5, 0.6) is 0 Å². The van der Waals surface area contributed by atoms with Crippen molar-refractivity contribution in [2.24, 2.45) is 5.92 Å². The largest absolute Gasteiger partial charge is 0.382 e. The number of ether oxygens (including phenoxy) is 6. The van der Waals surface area contributed by atoms with Gasteiger partial charge in [-0.15, -0.1) is 0 Å². The summed E-state index contributed by atoms with van der Waals surface area (Å²) in [5.74, 6) is -0.729. The Bertz CT molecular complexity index is 909. The van der Waals surface area contributed by atoms with Gasteiger partial charge in [0.25, 0.3) is 11.8 Å². The normalized spacial score (nSPS) is 11.3. The Balaban J connectivity index is 2.11. The summed E-state index contributed by atoms with van der Waals surface area (Å²) in [7, 11) is 0. The molecule has 0 fully saturated rings. The van der Waals surface area contributed by atoms with Gasteiger partial charge >= 0.3 is 0 Å². The van der Waals surface area contributed by atoms with E-state index in [0.29, 0.717) is 97.9 Å². The van der Waals surface area contributed by atoms with Crippen molar-refractivity contribution < 1.29 is 38.0 Å². The Labute approximate surface area is 269 Å². The maximum atomic E-state index is 12.5. The third-order valence-electron chi connectivity index (χ3n) is 6.33. The number of unbranched alkanes of at least 4 members (excludes halogenated alkanes) is 2. The zero-order valence-corrected chi connectivity index (χ0v) is 27.7. The summed E-state index contributed by atoms with van der Waals surface area (Å²) >= 11 is 0. The van der Waals surface area contributed by atoms with E-state index in [4.69, 9.17) is 39.9 Å². The van der Waals surface area contributed by atoms with Gasteiger partial charge in [-0.3, -0.25) is 9.59 Å². The van der Waals surface area contributed by atoms with Crippen molar-refractivity contribution in [3.05, 3.63) is 11.4 Å². The van der Waals surface area contributed by atoms with Crippen LogP contribution in [0, 0.1) is 5.92 Å². The lowest BCUT2D eigenvalue weighted by Gasteiger charge is -2.11. The average molecular weight is 643 g/mol. The van der Waals surface area contributed by atoms with Gasteiger partial charge in [-0.05, 0) is 38.0 Å². The van der Waals surface area contributed by atoms with Gasteiger partial charge in [0.1, 0.15) is 0 Å². The van der Waals surface area contributed by atoms with Crippen molar-refractivity contribution in [2.45, 2.75) is 65.7 Å². The van der Waals surface area contributed by atoms with Crippen molar-refractivity contribution in [1.82, 2.24) is 20.6 Å². The standard InChI is InChI=1S/C31H58N6O8/c1-4-5-6-13-40-17-21-44-23-19-42-15-8-11-34-30(38)26-28(32)37-27(29(33)36-26)31(39)35-12-9-16-43-20-24-45-22-18-41-14-7-10-25(2)3/h25H,4-24H2,1-3H3,(H2,32,37)(H2,33,36)(H,34,38)(H,35,39). The molecule has 0 atom stereocenters. The molecule has 260 valence electrons. The van der Waals surface area contributed by atoms with Crippen LogP contribution >= 0.6 is 0 Å². The minimum Gasteiger partial charge on any atom is -0.382 e. The Morgan fingerprint density at radius 2 is 0.933 bits per heavy atom. The number of nitrogens with two attached hydrogens (primary N) is 2. The summed E-state index contributed by atoms with van der Waals surface area (Å²) in [5, 5.41) is 5.41. The molecule has 6 N–H and O–H groups in total. The molecular weight excluding hydrogens is 584 g/mol. The SMILES string of the molecule is CCCCCOCCOCCOCCCNC(=O)c1nc(N)c(C(=O)NCCCOCCOCCOCCCC(C)C)nc1N. The fourth-order valence-corrected chi connectivity index (χ4v) is 3.85. The maximum Gasteiger partial charge on any atom is 0.273 e. The molecule has 0 aliphatic heterocycles. The van der Waals surface area contributed by atoms with Gasteiger partial charge in [-0.1, -0.05) is 33.6 Å². The summed E-state index contributed by atoms with van der Waals surface area (Å²) in [6.45, 7) is 13.8. The van der Waals surface area contributed by atoms with E-state index in [1.165, 1.54) is 19.3 Å². The monoisotopic (exact) mass is 642 g/mol. The molecule has 0 spiro atoms. The van der Waals surface area contributed by atoms with Crippen LogP contribution in [0.25, 0.3) is 0 Å². The predicted octanol–water partition coefficient (Wildman–Crippen LogP) is 2.61. The second-order valence-electron chi connectivity index (χ2n) is 10.8. The molecule has 0 saturated heterocycles. The molecule has 2 amide bonds. The molecule has 1 aromatic heterocycles. The molecule has 0 aliphatic carbocycles. The highest BCUT2D eigenvalue weighted by Gasteiger charge is 2.20. The molecule has 14 nitrogen and oxygen atoms in total. The molecule has 0 saturated carbocycles. The maximum absolute atomic E-state index is 12.5. The first-order valence-corrected chi connectivity index (χ1v) is 16.3. The molecule has 1 heterocycles. The minimum atomic E-state index is -0.531. The van der Waals surface area contributed by atoms with Crippen LogP contribution in [0.15, 0.2) is 0 Å². The van der Waals surface area contributed by atoms with Crippen molar-refractivity contribution in [3.63, 3.8) is 0 Å². The molecule has 1 aromatic rings. The lowest BCUT2D eigenvalue weighted by atomic mass is 10.1. The number of nitrogen functional groups attached to an aromatic ring is 2. The first-order chi connectivity index (χ1) is 21.9. The van der Waals surface area contributed by atoms with E-state index in [0.717, 1.165) is 26.1 Å². The highest BCUT2D eigenvalue weighted by molar-refractivity contribution is 6.00. The van der Waals surface area contributed by atoms with Gasteiger partial charge in [0.15, 0.2) is 23.0 Å². The topological polar surface area (TPSA) is 191 Å². The van der Waals surface area contributed by atoms with Crippen LogP contribution in [0.1, 0.15) is 86.7 Å². The fourth-order valence-electron chi connectivity index (χ4n) is 3.85. The Morgan fingerprint density at radius 3 is 1.31 bits per heavy atom. The number of rotatable bonds is 30. The van der Waals surface area contributed by atoms with E-state index >= 15 is 0 Å². The minimum absolute atomic E-state index is 0.136. The molecular formula is C31H58N6O8. The van der Waals surface area contributed by atoms with Crippen LogP contribution in [-0.4, -0.2) is 114 Å². The van der Waals surface area contributed by atoms with E-state index in [1.807, 2.05) is 0 Å². The molecule has 14 heteroatoms. The van der Waals surface area contributed by atoms with Crippen LogP contribution < -0.4 is 22.1 Å². The summed E-state index contributed by atoms with van der Waals surface area (Å²) in [5.41, 5.74) is 11.5. The molecule has 1 rings (SSSR count). The Kier molecular flexibility index (Phi) is 24.8. The Morgan fingerprint density at radius 1 is 0.578 bits per heavy atom. The second-order valence-corrected chi connectivity index (χ2v) is 10.8. The Hall–Kier alpha value is -2.62. The van der Waals surface area contributed by atoms with Crippen molar-refractivity contribution in [2.75, 3.05) is 104 Å². The zero-order valence-electron chi connectivity index (χ0n) is 27.7. The van der Waals surface area contributed by atoms with Crippen LogP contribution in [0.4, 0.5) is 11.6 Å². The number of anilines is 2. The third-order valence-corrected chi connectivity index (χ3v) is 6.33. The van der Waals surface area contributed by atoms with Crippen molar-refractivity contribution in [1.29, 1.82) is 0 Å². The number of amides is 2. The number of hydrogen-bond acceptors (Lipinski definition) is 12. The van der Waals surface area contributed by atoms with Crippen molar-refractivity contribution in [3.8, 4) is 0 Å². The van der Waals surface area contributed by atoms with Crippen LogP contribution in [0.2, 0.25) is 0 Å². The van der Waals surface area contributed by atoms with E-state index in [-0.39, 0.29) is 23.0 Å². The molecule has 0 bridgehead atoms. The second kappa shape index (κ2) is 27.7. The summed E-state index contributed by atoms with van der Waals surface area (Å²) in [6, 6.07) is 0. The average Bonchev–Trinajstić information content (AvgIpc) is 3.01. The zero-order chi connectivity index (χ0) is 33.0. The summed E-state index contributed by atoms with van der Waals surface area (Å²) in [6.07, 6.45) is 6.84. The van der Waals surface area contributed by atoms with Gasteiger partial charge in [0.05, 0.1) is 52.9 Å². The van der Waals surface area contributed by atoms with Gasteiger partial charge < -0.3 is 50.5 Å². The van der Waals surface area contributed by atoms with Crippen LogP contribution in [0.3, 0.4) is 0 Å². The van der Waals surface area contributed by atoms with E-state index in [2.05, 4.69) is 41.4 Å². The molecule has 0 unspecified atom stereocenters. The van der Waals surface area contributed by atoms with E-state index in [9.17, 15) is 9.59 Å². The van der Waals surface area contributed by atoms with Crippen molar-refractivity contribution >= 4 is 23.5 Å². The highest BCUT2D eigenvalue weighted by atomic mass is 16.5. The number of carbonyl (C=O) groups excluding carboxylic acids is 2. The molecule has 0 aliphatic rings. The predicted molar refractivity (Wildman–Crippen MR) is 173 cm³/mol. The van der Waals surface area contributed by atoms with E-state index < -0.39 is 11.8 Å². The quantitative estimate of drug-likeness (QED) is 0.0899. The molecule has 0 radical (unpaired) electrons. The lowest BCUT2D eigenvalue weighted by Crippen LogP contribution is -2.31. The van der Waals surface area contributed by atoms with Gasteiger partial charge in [0.2, 0.25) is 0 Å². The van der Waals surface area contributed by atoms with E-state index in [1.54, 1.807) is 0 Å². The number of nitrogens with zero attached hydrogens (tertiary/aromatic N) is 2. The van der Waals surface area contributed by atoms with Crippen LogP contribution in [-0.2, 0) is 28.4 Å².